The molecule has 1 aromatic rings. The van der Waals surface area contributed by atoms with Crippen LogP contribution in [0.4, 0.5) is 0 Å². The molecule has 0 spiro atoms. The zero-order valence-corrected chi connectivity index (χ0v) is 11.2. The molecule has 100 valence electrons. The summed E-state index contributed by atoms with van der Waals surface area (Å²) in [5.41, 5.74) is 0.772. The third kappa shape index (κ3) is 4.16. The number of aromatic hydroxyl groups is 1. The van der Waals surface area contributed by atoms with Crippen molar-refractivity contribution in [3.63, 3.8) is 0 Å². The van der Waals surface area contributed by atoms with Gasteiger partial charge in [-0.2, -0.15) is 0 Å². The minimum Gasteiger partial charge on any atom is -0.508 e. The molecule has 0 saturated carbocycles. The topological polar surface area (TPSA) is 65.9 Å². The second-order valence-corrected chi connectivity index (χ2v) is 3.85. The Bertz CT molecular complexity index is 405. The first-order valence-corrected chi connectivity index (χ1v) is 6.01. The smallest absolute Gasteiger partial charge is 0.191 e. The SMILES string of the molecule is CCCNC(=NC)NCc1cc(OC)ccc1O. The summed E-state index contributed by atoms with van der Waals surface area (Å²) >= 11 is 0. The highest BCUT2D eigenvalue weighted by molar-refractivity contribution is 5.79. The lowest BCUT2D eigenvalue weighted by Crippen LogP contribution is -2.37. The number of methoxy groups -OCH3 is 1. The van der Waals surface area contributed by atoms with E-state index >= 15 is 0 Å². The first-order valence-electron chi connectivity index (χ1n) is 6.01. The zero-order valence-electron chi connectivity index (χ0n) is 11.2. The normalized spacial score (nSPS) is 11.2. The number of guanidine groups is 1. The number of benzene rings is 1. The molecule has 0 unspecified atom stereocenters. The number of phenols is 1. The van der Waals surface area contributed by atoms with Gasteiger partial charge in [-0.1, -0.05) is 6.92 Å². The Morgan fingerprint density at radius 3 is 2.78 bits per heavy atom. The van der Waals surface area contributed by atoms with Crippen molar-refractivity contribution in [2.24, 2.45) is 4.99 Å². The first kappa shape index (κ1) is 14.2. The summed E-state index contributed by atoms with van der Waals surface area (Å²) in [5.74, 6) is 1.69. The van der Waals surface area contributed by atoms with Crippen molar-refractivity contribution in [1.29, 1.82) is 0 Å². The van der Waals surface area contributed by atoms with Crippen molar-refractivity contribution >= 4 is 5.96 Å². The van der Waals surface area contributed by atoms with Crippen LogP contribution < -0.4 is 15.4 Å². The van der Waals surface area contributed by atoms with Crippen LogP contribution in [-0.4, -0.2) is 31.8 Å². The maximum Gasteiger partial charge on any atom is 0.191 e. The average Bonchev–Trinajstić information content (AvgIpc) is 2.40. The molecule has 0 saturated heterocycles. The van der Waals surface area contributed by atoms with Gasteiger partial charge >= 0.3 is 0 Å². The average molecular weight is 251 g/mol. The number of rotatable bonds is 5. The molecule has 5 heteroatoms. The summed E-state index contributed by atoms with van der Waals surface area (Å²) in [4.78, 5) is 4.09. The Balaban J connectivity index is 2.61. The van der Waals surface area contributed by atoms with Gasteiger partial charge in [0.1, 0.15) is 11.5 Å². The molecule has 0 aromatic heterocycles. The monoisotopic (exact) mass is 251 g/mol. The lowest BCUT2D eigenvalue weighted by atomic mass is 10.2. The zero-order chi connectivity index (χ0) is 13.4. The lowest BCUT2D eigenvalue weighted by molar-refractivity contribution is 0.410. The lowest BCUT2D eigenvalue weighted by Gasteiger charge is -2.12. The molecule has 0 aliphatic carbocycles. The fourth-order valence-corrected chi connectivity index (χ4v) is 1.47. The summed E-state index contributed by atoms with van der Waals surface area (Å²) in [5, 5.41) is 16.0. The number of hydrogen-bond acceptors (Lipinski definition) is 3. The van der Waals surface area contributed by atoms with Crippen LogP contribution >= 0.6 is 0 Å². The number of nitrogens with zero attached hydrogens (tertiary/aromatic N) is 1. The molecule has 0 bridgehead atoms. The van der Waals surface area contributed by atoms with Gasteiger partial charge < -0.3 is 20.5 Å². The Morgan fingerprint density at radius 2 is 2.17 bits per heavy atom. The third-order valence-electron chi connectivity index (χ3n) is 2.50. The quantitative estimate of drug-likeness (QED) is 0.548. The molecular weight excluding hydrogens is 230 g/mol. The van der Waals surface area contributed by atoms with Gasteiger partial charge in [0.15, 0.2) is 5.96 Å². The summed E-state index contributed by atoms with van der Waals surface area (Å²) < 4.78 is 5.12. The van der Waals surface area contributed by atoms with Gasteiger partial charge in [0, 0.05) is 25.7 Å². The molecule has 0 amide bonds. The molecule has 0 heterocycles. The number of hydrogen-bond donors (Lipinski definition) is 3. The van der Waals surface area contributed by atoms with E-state index in [0.717, 1.165) is 30.2 Å². The van der Waals surface area contributed by atoms with E-state index in [-0.39, 0.29) is 5.75 Å². The molecule has 0 aliphatic heterocycles. The van der Waals surface area contributed by atoms with E-state index in [9.17, 15) is 5.11 Å². The van der Waals surface area contributed by atoms with Gasteiger partial charge in [-0.15, -0.1) is 0 Å². The second kappa shape index (κ2) is 7.42. The molecule has 5 nitrogen and oxygen atoms in total. The second-order valence-electron chi connectivity index (χ2n) is 3.85. The van der Waals surface area contributed by atoms with E-state index in [1.807, 2.05) is 0 Å². The van der Waals surface area contributed by atoms with E-state index < -0.39 is 0 Å². The number of ether oxygens (including phenoxy) is 1. The van der Waals surface area contributed by atoms with Crippen LogP contribution in [-0.2, 0) is 6.54 Å². The summed E-state index contributed by atoms with van der Waals surface area (Å²) in [6, 6.07) is 5.15. The Kier molecular flexibility index (Phi) is 5.84. The van der Waals surface area contributed by atoms with Crippen molar-refractivity contribution < 1.29 is 9.84 Å². The van der Waals surface area contributed by atoms with Crippen molar-refractivity contribution in [2.75, 3.05) is 20.7 Å². The highest BCUT2D eigenvalue weighted by Gasteiger charge is 2.04. The van der Waals surface area contributed by atoms with Gasteiger partial charge in [-0.05, 0) is 24.6 Å². The van der Waals surface area contributed by atoms with E-state index in [0.29, 0.717) is 6.54 Å². The van der Waals surface area contributed by atoms with Gasteiger partial charge in [0.25, 0.3) is 0 Å². The van der Waals surface area contributed by atoms with E-state index in [4.69, 9.17) is 4.74 Å². The van der Waals surface area contributed by atoms with Crippen LogP contribution in [0, 0.1) is 0 Å². The van der Waals surface area contributed by atoms with Gasteiger partial charge in [0.05, 0.1) is 7.11 Å². The molecule has 1 aromatic carbocycles. The van der Waals surface area contributed by atoms with Crippen LogP contribution in [0.25, 0.3) is 0 Å². The van der Waals surface area contributed by atoms with Gasteiger partial charge in [-0.3, -0.25) is 4.99 Å². The molecule has 18 heavy (non-hydrogen) atoms. The van der Waals surface area contributed by atoms with Gasteiger partial charge in [0.2, 0.25) is 0 Å². The standard InChI is InChI=1S/C13H21N3O2/c1-4-7-15-13(14-2)16-9-10-8-11(18-3)5-6-12(10)17/h5-6,8,17H,4,7,9H2,1-3H3,(H2,14,15,16). The fraction of sp³-hybridized carbons (Fsp3) is 0.462. The minimum absolute atomic E-state index is 0.245. The molecular formula is C13H21N3O2. The van der Waals surface area contributed by atoms with Crippen LogP contribution in [0.15, 0.2) is 23.2 Å². The summed E-state index contributed by atoms with van der Waals surface area (Å²) in [6.07, 6.45) is 1.03. The fourth-order valence-electron chi connectivity index (χ4n) is 1.47. The minimum atomic E-state index is 0.245. The van der Waals surface area contributed by atoms with Crippen molar-refractivity contribution in [2.45, 2.75) is 19.9 Å². The molecule has 0 aliphatic rings. The van der Waals surface area contributed by atoms with Crippen LogP contribution in [0.2, 0.25) is 0 Å². The maximum absolute atomic E-state index is 9.74. The largest absolute Gasteiger partial charge is 0.508 e. The molecule has 1 rings (SSSR count). The predicted molar refractivity (Wildman–Crippen MR) is 73.2 cm³/mol. The van der Waals surface area contributed by atoms with E-state index in [2.05, 4.69) is 22.5 Å². The van der Waals surface area contributed by atoms with E-state index in [1.54, 1.807) is 32.4 Å². The molecule has 3 N–H and O–H groups in total. The molecule has 0 fully saturated rings. The number of phenolic OH excluding ortho intramolecular Hbond substituents is 1. The van der Waals surface area contributed by atoms with Crippen molar-refractivity contribution in [3.05, 3.63) is 23.8 Å². The van der Waals surface area contributed by atoms with Crippen LogP contribution in [0.5, 0.6) is 11.5 Å². The van der Waals surface area contributed by atoms with E-state index in [1.165, 1.54) is 0 Å². The van der Waals surface area contributed by atoms with Crippen LogP contribution in [0.1, 0.15) is 18.9 Å². The highest BCUT2D eigenvalue weighted by atomic mass is 16.5. The third-order valence-corrected chi connectivity index (χ3v) is 2.50. The maximum atomic E-state index is 9.74. The Morgan fingerprint density at radius 1 is 1.39 bits per heavy atom. The van der Waals surface area contributed by atoms with Crippen molar-refractivity contribution in [3.8, 4) is 11.5 Å². The molecule has 0 radical (unpaired) electrons. The Labute approximate surface area is 108 Å². The summed E-state index contributed by atoms with van der Waals surface area (Å²) in [7, 11) is 3.32. The number of aliphatic imine (C=N–C) groups is 1. The molecule has 0 atom stereocenters. The highest BCUT2D eigenvalue weighted by Crippen LogP contribution is 2.22. The summed E-state index contributed by atoms with van der Waals surface area (Å²) in [6.45, 7) is 3.45. The first-order chi connectivity index (χ1) is 8.71. The van der Waals surface area contributed by atoms with Gasteiger partial charge in [-0.25, -0.2) is 0 Å². The Hall–Kier alpha value is -1.91. The van der Waals surface area contributed by atoms with Crippen LogP contribution in [0.3, 0.4) is 0 Å². The number of nitrogens with one attached hydrogen (secondary N) is 2. The van der Waals surface area contributed by atoms with Crippen molar-refractivity contribution in [1.82, 2.24) is 10.6 Å². The predicted octanol–water partition coefficient (Wildman–Crippen LogP) is 1.48.